The number of aliphatic hydroxyl groups excluding tert-OH is 1. The van der Waals surface area contributed by atoms with E-state index in [4.69, 9.17) is 5.11 Å². The SMILES string of the molecule is CC(=O)NCCSC(=O)/[13CH]=[13CH]/CCC[C@H](C)O. The molecule has 0 aliphatic carbocycles. The van der Waals surface area contributed by atoms with Crippen LogP contribution in [0, 0.1) is 0 Å². The number of nitrogens with one attached hydrogen (secondary N) is 1. The van der Waals surface area contributed by atoms with Crippen LogP contribution in [0.2, 0.25) is 0 Å². The van der Waals surface area contributed by atoms with Gasteiger partial charge in [0.1, 0.15) is 0 Å². The van der Waals surface area contributed by atoms with Crippen molar-refractivity contribution in [2.75, 3.05) is 12.3 Å². The zero-order chi connectivity index (χ0) is 13.1. The molecule has 0 bridgehead atoms. The molecule has 1 amide bonds. The molecule has 2 N–H and O–H groups in total. The fourth-order valence-corrected chi connectivity index (χ4v) is 1.74. The Labute approximate surface area is 107 Å². The van der Waals surface area contributed by atoms with Crippen molar-refractivity contribution in [3.63, 3.8) is 0 Å². The number of amides is 1. The van der Waals surface area contributed by atoms with Gasteiger partial charge in [0, 0.05) is 19.2 Å². The zero-order valence-electron chi connectivity index (χ0n) is 10.4. The first-order valence-corrected chi connectivity index (χ1v) is 6.76. The molecular weight excluding hydrogens is 240 g/mol. The second-order valence-corrected chi connectivity index (χ2v) is 4.93. The van der Waals surface area contributed by atoms with Crippen LogP contribution in [0.25, 0.3) is 0 Å². The monoisotopic (exact) mass is 261 g/mol. The van der Waals surface area contributed by atoms with Crippen molar-refractivity contribution in [1.82, 2.24) is 5.32 Å². The van der Waals surface area contributed by atoms with Crippen molar-refractivity contribution in [1.29, 1.82) is 0 Å². The third kappa shape index (κ3) is 13.1. The van der Waals surface area contributed by atoms with Gasteiger partial charge >= 0.3 is 0 Å². The average molecular weight is 261 g/mol. The van der Waals surface area contributed by atoms with Gasteiger partial charge in [-0.2, -0.15) is 0 Å². The Morgan fingerprint density at radius 1 is 1.47 bits per heavy atom. The minimum Gasteiger partial charge on any atom is -0.393 e. The number of aliphatic hydroxyl groups is 1. The number of hydrogen-bond acceptors (Lipinski definition) is 4. The molecule has 0 spiro atoms. The molecule has 5 heteroatoms. The minimum atomic E-state index is -0.272. The summed E-state index contributed by atoms with van der Waals surface area (Å²) in [4.78, 5) is 21.8. The van der Waals surface area contributed by atoms with Gasteiger partial charge in [-0.25, -0.2) is 0 Å². The van der Waals surface area contributed by atoms with Crippen LogP contribution in [0.5, 0.6) is 0 Å². The highest BCUT2D eigenvalue weighted by Gasteiger charge is 1.98. The molecule has 0 heterocycles. The number of hydrogen-bond donors (Lipinski definition) is 2. The maximum absolute atomic E-state index is 11.3. The normalized spacial score (nSPS) is 12.6. The lowest BCUT2D eigenvalue weighted by Crippen LogP contribution is -2.22. The van der Waals surface area contributed by atoms with Gasteiger partial charge < -0.3 is 10.4 Å². The Hall–Kier alpha value is -0.810. The third-order valence-corrected chi connectivity index (χ3v) is 2.80. The van der Waals surface area contributed by atoms with E-state index >= 15 is 0 Å². The minimum absolute atomic E-state index is 0.00685. The largest absolute Gasteiger partial charge is 0.393 e. The van der Waals surface area contributed by atoms with Crippen LogP contribution in [-0.4, -0.2) is 34.5 Å². The van der Waals surface area contributed by atoms with Crippen LogP contribution in [0.1, 0.15) is 33.1 Å². The molecule has 0 fully saturated rings. The zero-order valence-corrected chi connectivity index (χ0v) is 11.3. The van der Waals surface area contributed by atoms with Gasteiger partial charge in [0.15, 0.2) is 0 Å². The topological polar surface area (TPSA) is 66.4 Å². The molecule has 0 aliphatic heterocycles. The predicted octanol–water partition coefficient (Wildman–Crippen LogP) is 1.49. The summed E-state index contributed by atoms with van der Waals surface area (Å²) < 4.78 is 0. The summed E-state index contributed by atoms with van der Waals surface area (Å²) >= 11 is 1.19. The highest BCUT2D eigenvalue weighted by Crippen LogP contribution is 2.05. The van der Waals surface area contributed by atoms with Crippen LogP contribution in [0.4, 0.5) is 0 Å². The molecule has 1 atom stereocenters. The molecule has 0 aromatic heterocycles. The van der Waals surface area contributed by atoms with Crippen LogP contribution in [0.15, 0.2) is 12.2 Å². The number of thioether (sulfide) groups is 1. The Balaban J connectivity index is 3.44. The number of unbranched alkanes of at least 4 members (excludes halogenated alkanes) is 1. The number of allylic oxidation sites excluding steroid dienone is 1. The standard InChI is InChI=1S/C12H21NO3S/c1-10(14)6-4-3-5-7-12(16)17-9-8-13-11(2)15/h5,7,10,14H,3-4,6,8-9H2,1-2H3,(H,13,15)/b7-5+/t10-/m0/s1/i5+1,7+1. The first-order valence-electron chi connectivity index (χ1n) is 5.78. The van der Waals surface area contributed by atoms with Crippen LogP contribution in [-0.2, 0) is 9.59 Å². The fraction of sp³-hybridized carbons (Fsp3) is 0.667. The van der Waals surface area contributed by atoms with Crippen LogP contribution < -0.4 is 5.32 Å². The second-order valence-electron chi connectivity index (χ2n) is 3.83. The van der Waals surface area contributed by atoms with Crippen molar-refractivity contribution in [2.45, 2.75) is 39.2 Å². The summed E-state index contributed by atoms with van der Waals surface area (Å²) in [5.74, 6) is 0.517. The number of rotatable bonds is 8. The molecule has 0 saturated carbocycles. The van der Waals surface area contributed by atoms with Crippen molar-refractivity contribution >= 4 is 22.8 Å². The van der Waals surface area contributed by atoms with E-state index in [2.05, 4.69) is 5.32 Å². The van der Waals surface area contributed by atoms with Crippen molar-refractivity contribution in [3.8, 4) is 0 Å². The van der Waals surface area contributed by atoms with E-state index < -0.39 is 0 Å². The van der Waals surface area contributed by atoms with Gasteiger partial charge in [-0.15, -0.1) is 0 Å². The molecule has 17 heavy (non-hydrogen) atoms. The van der Waals surface area contributed by atoms with Crippen LogP contribution >= 0.6 is 11.8 Å². The summed E-state index contributed by atoms with van der Waals surface area (Å²) in [7, 11) is 0. The Bertz CT molecular complexity index is 264. The van der Waals surface area contributed by atoms with E-state index in [0.717, 1.165) is 19.3 Å². The highest BCUT2D eigenvalue weighted by molar-refractivity contribution is 8.14. The molecule has 0 aliphatic rings. The fourth-order valence-electron chi connectivity index (χ4n) is 1.14. The summed E-state index contributed by atoms with van der Waals surface area (Å²) in [6.07, 6.45) is 5.57. The van der Waals surface area contributed by atoms with Gasteiger partial charge in [-0.1, -0.05) is 17.8 Å². The lowest BCUT2D eigenvalue weighted by Gasteiger charge is -2.00. The molecular formula is C12H21NO3S. The van der Waals surface area contributed by atoms with Gasteiger partial charge in [-0.3, -0.25) is 9.59 Å². The van der Waals surface area contributed by atoms with E-state index in [1.165, 1.54) is 18.7 Å². The second kappa shape index (κ2) is 10.4. The molecule has 98 valence electrons. The molecule has 0 aromatic rings. The molecule has 0 aromatic carbocycles. The van der Waals surface area contributed by atoms with Gasteiger partial charge in [0.05, 0.1) is 6.10 Å². The lowest BCUT2D eigenvalue weighted by atomic mass is 10.2. The first kappa shape index (κ1) is 16.2. The van der Waals surface area contributed by atoms with E-state index in [0.29, 0.717) is 12.3 Å². The molecule has 4 nitrogen and oxygen atoms in total. The predicted molar refractivity (Wildman–Crippen MR) is 70.8 cm³/mol. The summed E-state index contributed by atoms with van der Waals surface area (Å²) in [5, 5.41) is 11.7. The van der Waals surface area contributed by atoms with Crippen molar-refractivity contribution in [3.05, 3.63) is 12.2 Å². The average Bonchev–Trinajstić information content (AvgIpc) is 2.23. The molecule has 0 saturated heterocycles. The maximum atomic E-state index is 11.3. The molecule has 0 radical (unpaired) electrons. The smallest absolute Gasteiger partial charge is 0.216 e. The quantitative estimate of drug-likeness (QED) is 0.395. The van der Waals surface area contributed by atoms with E-state index in [1.807, 2.05) is 6.08 Å². The van der Waals surface area contributed by atoms with Gasteiger partial charge in [-0.05, 0) is 32.3 Å². The highest BCUT2D eigenvalue weighted by atomic mass is 32.2. The Morgan fingerprint density at radius 3 is 2.76 bits per heavy atom. The first-order chi connectivity index (χ1) is 8.02. The van der Waals surface area contributed by atoms with E-state index in [1.54, 1.807) is 13.0 Å². The summed E-state index contributed by atoms with van der Waals surface area (Å²) in [6, 6.07) is 0. The summed E-state index contributed by atoms with van der Waals surface area (Å²) in [5.41, 5.74) is 0. The molecule has 0 rings (SSSR count). The van der Waals surface area contributed by atoms with Crippen molar-refractivity contribution in [2.24, 2.45) is 0 Å². The van der Waals surface area contributed by atoms with E-state index in [9.17, 15) is 9.59 Å². The Kier molecular flexibility index (Phi) is 9.86. The number of carbonyl (C=O) groups is 2. The number of carbonyl (C=O) groups excluding carboxylic acids is 2. The van der Waals surface area contributed by atoms with Crippen LogP contribution in [0.3, 0.4) is 0 Å². The lowest BCUT2D eigenvalue weighted by molar-refractivity contribution is -0.118. The van der Waals surface area contributed by atoms with Gasteiger partial charge in [0.25, 0.3) is 0 Å². The molecule has 0 unspecified atom stereocenters. The maximum Gasteiger partial charge on any atom is 0.216 e. The van der Waals surface area contributed by atoms with Crippen molar-refractivity contribution < 1.29 is 14.7 Å². The van der Waals surface area contributed by atoms with Gasteiger partial charge in [0.2, 0.25) is 11.0 Å². The third-order valence-electron chi connectivity index (χ3n) is 1.97. The summed E-state index contributed by atoms with van der Waals surface area (Å²) in [6.45, 7) is 3.73. The van der Waals surface area contributed by atoms with E-state index in [-0.39, 0.29) is 17.1 Å². The Morgan fingerprint density at radius 2 is 2.18 bits per heavy atom.